The van der Waals surface area contributed by atoms with Crippen LogP contribution >= 0.6 is 0 Å². The summed E-state index contributed by atoms with van der Waals surface area (Å²) in [6.07, 6.45) is -20.8. The molecule has 18 nitrogen and oxygen atoms in total. The molecule has 0 radical (unpaired) electrons. The third kappa shape index (κ3) is 7.87. The van der Waals surface area contributed by atoms with Gasteiger partial charge in [-0.2, -0.15) is 0 Å². The van der Waals surface area contributed by atoms with Crippen LogP contribution in [0.2, 0.25) is 0 Å². The van der Waals surface area contributed by atoms with E-state index in [0.29, 0.717) is 0 Å². The predicted molar refractivity (Wildman–Crippen MR) is 130 cm³/mol. The van der Waals surface area contributed by atoms with Crippen molar-refractivity contribution in [3.05, 3.63) is 0 Å². The standard InChI is InChI=1S/C23H42N2O16/c1-7-12(24)19(40-23-17(34)16(33)14(31)10(4-27)39-23)13(25-8(2)29)21(37-7)41-20-15(32)11(5-28)38-22(18(20)35)36-6-9(30)3-26/h7,9-23,26-28,30-35H,3-6,24H2,1-2H3,(H,25,29)/t7-,9?,10-,11-,12+,13-,14-,15-,16+,17-,18-,19+,20+,21+,22+,23+/m1/s1. The van der Waals surface area contributed by atoms with Crippen LogP contribution in [0.3, 0.4) is 0 Å². The van der Waals surface area contributed by atoms with E-state index in [2.05, 4.69) is 5.32 Å². The molecule has 18 heteroatoms. The Morgan fingerprint density at radius 3 is 2.00 bits per heavy atom. The molecule has 41 heavy (non-hydrogen) atoms. The fourth-order valence-corrected chi connectivity index (χ4v) is 4.83. The fourth-order valence-electron chi connectivity index (χ4n) is 4.83. The summed E-state index contributed by atoms with van der Waals surface area (Å²) in [4.78, 5) is 12.2. The molecule has 0 aromatic carbocycles. The molecule has 3 saturated heterocycles. The quantitative estimate of drug-likeness (QED) is 0.105. The van der Waals surface area contributed by atoms with Crippen molar-refractivity contribution < 1.29 is 79.2 Å². The molecule has 3 fully saturated rings. The molecule has 240 valence electrons. The van der Waals surface area contributed by atoms with E-state index in [0.717, 1.165) is 0 Å². The minimum atomic E-state index is -1.79. The van der Waals surface area contributed by atoms with Crippen molar-refractivity contribution in [3.63, 3.8) is 0 Å². The van der Waals surface area contributed by atoms with Crippen LogP contribution in [0.1, 0.15) is 13.8 Å². The number of ether oxygens (including phenoxy) is 6. The summed E-state index contributed by atoms with van der Waals surface area (Å²) in [6.45, 7) is 0.157. The Labute approximate surface area is 235 Å². The highest BCUT2D eigenvalue weighted by atomic mass is 16.7. The highest BCUT2D eigenvalue weighted by Crippen LogP contribution is 2.32. The summed E-state index contributed by atoms with van der Waals surface area (Å²) >= 11 is 0. The number of hydrogen-bond acceptors (Lipinski definition) is 17. The van der Waals surface area contributed by atoms with E-state index >= 15 is 0 Å². The Morgan fingerprint density at radius 1 is 0.829 bits per heavy atom. The number of aliphatic hydroxyl groups is 9. The van der Waals surface area contributed by atoms with Gasteiger partial charge in [0.05, 0.1) is 38.6 Å². The van der Waals surface area contributed by atoms with Gasteiger partial charge in [0, 0.05) is 6.92 Å². The number of rotatable bonds is 11. The second kappa shape index (κ2) is 15.0. The van der Waals surface area contributed by atoms with Crippen molar-refractivity contribution in [3.8, 4) is 0 Å². The van der Waals surface area contributed by atoms with Crippen molar-refractivity contribution in [2.24, 2.45) is 5.73 Å². The largest absolute Gasteiger partial charge is 0.394 e. The van der Waals surface area contributed by atoms with Crippen molar-refractivity contribution in [1.29, 1.82) is 0 Å². The predicted octanol–water partition coefficient (Wildman–Crippen LogP) is -7.06. The van der Waals surface area contributed by atoms with E-state index in [1.165, 1.54) is 13.8 Å². The van der Waals surface area contributed by atoms with Gasteiger partial charge in [0.1, 0.15) is 67.1 Å². The zero-order valence-corrected chi connectivity index (χ0v) is 22.5. The van der Waals surface area contributed by atoms with E-state index < -0.39 is 130 Å². The van der Waals surface area contributed by atoms with Gasteiger partial charge in [0.15, 0.2) is 18.9 Å². The molecule has 0 aromatic rings. The fraction of sp³-hybridized carbons (Fsp3) is 0.957. The molecule has 1 unspecified atom stereocenters. The molecule has 1 amide bonds. The van der Waals surface area contributed by atoms with Crippen molar-refractivity contribution in [1.82, 2.24) is 5.32 Å². The molecule has 16 atom stereocenters. The molecule has 12 N–H and O–H groups in total. The summed E-state index contributed by atoms with van der Waals surface area (Å²) in [6, 6.07) is -2.29. The minimum absolute atomic E-state index is 0.464. The number of nitrogens with one attached hydrogen (secondary N) is 1. The lowest BCUT2D eigenvalue weighted by atomic mass is 9.93. The molecular formula is C23H42N2O16. The molecule has 3 aliphatic heterocycles. The molecule has 0 aromatic heterocycles. The normalized spacial score (nSPS) is 46.2. The lowest BCUT2D eigenvalue weighted by Crippen LogP contribution is -2.70. The molecule has 0 saturated carbocycles. The zero-order chi connectivity index (χ0) is 30.6. The number of nitrogens with two attached hydrogens (primary N) is 1. The van der Waals surface area contributed by atoms with E-state index in [-0.39, 0.29) is 0 Å². The van der Waals surface area contributed by atoms with Gasteiger partial charge < -0.3 is 85.4 Å². The number of hydrogen-bond donors (Lipinski definition) is 11. The van der Waals surface area contributed by atoms with Crippen LogP contribution < -0.4 is 11.1 Å². The summed E-state index contributed by atoms with van der Waals surface area (Å²) in [5.74, 6) is -0.600. The van der Waals surface area contributed by atoms with E-state index in [9.17, 15) is 45.6 Å². The van der Waals surface area contributed by atoms with Gasteiger partial charge in [-0.25, -0.2) is 0 Å². The smallest absolute Gasteiger partial charge is 0.217 e. The van der Waals surface area contributed by atoms with Gasteiger partial charge in [-0.3, -0.25) is 4.79 Å². The Bertz CT molecular complexity index is 827. The number of amides is 1. The van der Waals surface area contributed by atoms with Crippen molar-refractivity contribution in [2.45, 2.75) is 112 Å². The second-order valence-electron chi connectivity index (χ2n) is 10.3. The van der Waals surface area contributed by atoms with Gasteiger partial charge in [0.25, 0.3) is 0 Å². The van der Waals surface area contributed by atoms with Crippen LogP contribution in [0.25, 0.3) is 0 Å². The highest BCUT2D eigenvalue weighted by molar-refractivity contribution is 5.73. The third-order valence-corrected chi connectivity index (χ3v) is 7.20. The zero-order valence-electron chi connectivity index (χ0n) is 22.5. The van der Waals surface area contributed by atoms with Crippen LogP contribution in [0.15, 0.2) is 0 Å². The van der Waals surface area contributed by atoms with E-state index in [4.69, 9.17) is 39.3 Å². The molecule has 3 aliphatic rings. The minimum Gasteiger partial charge on any atom is -0.394 e. The van der Waals surface area contributed by atoms with Crippen molar-refractivity contribution in [2.75, 3.05) is 26.4 Å². The van der Waals surface area contributed by atoms with Crippen LogP contribution in [-0.2, 0) is 33.2 Å². The topological polar surface area (TPSA) is 293 Å². The maximum atomic E-state index is 12.2. The maximum absolute atomic E-state index is 12.2. The van der Waals surface area contributed by atoms with Gasteiger partial charge in [0.2, 0.25) is 5.91 Å². The lowest BCUT2D eigenvalue weighted by molar-refractivity contribution is -0.355. The number of aliphatic hydroxyl groups excluding tert-OH is 9. The maximum Gasteiger partial charge on any atom is 0.217 e. The van der Waals surface area contributed by atoms with Gasteiger partial charge in [-0.15, -0.1) is 0 Å². The molecule has 0 aliphatic carbocycles. The van der Waals surface area contributed by atoms with Gasteiger partial charge in [-0.05, 0) is 6.92 Å². The van der Waals surface area contributed by atoms with Gasteiger partial charge >= 0.3 is 0 Å². The average molecular weight is 603 g/mol. The summed E-state index contributed by atoms with van der Waals surface area (Å²) in [5.41, 5.74) is 6.31. The Kier molecular flexibility index (Phi) is 12.6. The third-order valence-electron chi connectivity index (χ3n) is 7.20. The molecule has 3 rings (SSSR count). The number of carbonyl (C=O) groups excluding carboxylic acids is 1. The average Bonchev–Trinajstić information content (AvgIpc) is 2.94. The number of carbonyl (C=O) groups is 1. The molecule has 0 bridgehead atoms. The van der Waals surface area contributed by atoms with Gasteiger partial charge in [-0.1, -0.05) is 0 Å². The van der Waals surface area contributed by atoms with Crippen LogP contribution in [0, 0.1) is 0 Å². The monoisotopic (exact) mass is 602 g/mol. The second-order valence-corrected chi connectivity index (χ2v) is 10.3. The van der Waals surface area contributed by atoms with Crippen molar-refractivity contribution >= 4 is 5.91 Å². The Morgan fingerprint density at radius 2 is 1.41 bits per heavy atom. The lowest BCUT2D eigenvalue weighted by Gasteiger charge is -2.49. The van der Waals surface area contributed by atoms with E-state index in [1.54, 1.807) is 0 Å². The molecule has 0 spiro atoms. The Hall–Kier alpha value is -1.17. The first-order valence-corrected chi connectivity index (χ1v) is 13.2. The Balaban J connectivity index is 1.86. The molecular weight excluding hydrogens is 560 g/mol. The van der Waals surface area contributed by atoms with Crippen LogP contribution in [-0.4, -0.2) is 176 Å². The summed E-state index contributed by atoms with van der Waals surface area (Å²) < 4.78 is 33.7. The first-order valence-electron chi connectivity index (χ1n) is 13.2. The van der Waals surface area contributed by atoms with E-state index in [1.807, 2.05) is 0 Å². The van der Waals surface area contributed by atoms with Crippen LogP contribution in [0.4, 0.5) is 0 Å². The molecule has 3 heterocycles. The van der Waals surface area contributed by atoms with Crippen LogP contribution in [0.5, 0.6) is 0 Å². The first kappa shape index (κ1) is 34.3. The first-order chi connectivity index (χ1) is 19.3. The summed E-state index contributed by atoms with van der Waals surface area (Å²) in [5, 5.41) is 92.8. The highest BCUT2D eigenvalue weighted by Gasteiger charge is 2.53. The SMILES string of the molecule is CC(=O)N[C@H]1[C@H](O[C@@H]2[C@@H](O)[C@@H](OCC(O)CO)O[C@H](CO)[C@H]2O)O[C@H](C)[C@H](N)[C@@H]1O[C@@H]1O[C@H](CO)[C@@H](O)[C@H](O)[C@H]1O. The summed E-state index contributed by atoms with van der Waals surface area (Å²) in [7, 11) is 0.